The van der Waals surface area contributed by atoms with Gasteiger partial charge in [-0.1, -0.05) is 6.07 Å². The monoisotopic (exact) mass is 330 g/mol. The molecule has 0 spiro atoms. The van der Waals surface area contributed by atoms with Gasteiger partial charge < -0.3 is 19.8 Å². The SMILES string of the molecule is Cc1cc(C)c2cnc(C(C)(C)NC(=O)C3CNCCOC3)n2c1. The van der Waals surface area contributed by atoms with E-state index in [9.17, 15) is 4.79 Å². The Kier molecular flexibility index (Phi) is 4.60. The number of hydrogen-bond acceptors (Lipinski definition) is 4. The van der Waals surface area contributed by atoms with Crippen molar-refractivity contribution >= 4 is 11.4 Å². The largest absolute Gasteiger partial charge is 0.379 e. The number of hydrogen-bond donors (Lipinski definition) is 2. The molecule has 0 aromatic carbocycles. The maximum atomic E-state index is 12.7. The van der Waals surface area contributed by atoms with Crippen LogP contribution in [-0.4, -0.2) is 41.6 Å². The lowest BCUT2D eigenvalue weighted by molar-refractivity contribution is -0.128. The minimum absolute atomic E-state index is 0.00414. The molecule has 3 rings (SSSR count). The zero-order chi connectivity index (χ0) is 17.3. The summed E-state index contributed by atoms with van der Waals surface area (Å²) in [5.74, 6) is 0.650. The van der Waals surface area contributed by atoms with Gasteiger partial charge in [0.05, 0.1) is 36.4 Å². The number of imidazole rings is 1. The molecule has 3 heterocycles. The van der Waals surface area contributed by atoms with Crippen molar-refractivity contribution < 1.29 is 9.53 Å². The molecule has 24 heavy (non-hydrogen) atoms. The first-order valence-electron chi connectivity index (χ1n) is 8.44. The van der Waals surface area contributed by atoms with Crippen LogP contribution in [0.5, 0.6) is 0 Å². The number of carbonyl (C=O) groups is 1. The molecule has 1 atom stereocenters. The van der Waals surface area contributed by atoms with E-state index in [4.69, 9.17) is 4.74 Å². The number of aromatic nitrogens is 2. The first-order chi connectivity index (χ1) is 11.4. The molecule has 6 heteroatoms. The lowest BCUT2D eigenvalue weighted by atomic mass is 10.0. The molecule has 0 bridgehead atoms. The average molecular weight is 330 g/mol. The third-order valence-corrected chi connectivity index (χ3v) is 4.48. The van der Waals surface area contributed by atoms with Crippen LogP contribution in [0.15, 0.2) is 18.5 Å². The number of aryl methyl sites for hydroxylation is 2. The molecule has 0 saturated carbocycles. The van der Waals surface area contributed by atoms with Gasteiger partial charge in [0.25, 0.3) is 0 Å². The molecule has 1 fully saturated rings. The third kappa shape index (κ3) is 3.30. The predicted molar refractivity (Wildman–Crippen MR) is 93.0 cm³/mol. The lowest BCUT2D eigenvalue weighted by Crippen LogP contribution is -2.47. The molecule has 2 N–H and O–H groups in total. The number of fused-ring (bicyclic) bond motifs is 1. The maximum absolute atomic E-state index is 12.7. The molecule has 2 aromatic heterocycles. The van der Waals surface area contributed by atoms with E-state index in [1.807, 2.05) is 20.0 Å². The van der Waals surface area contributed by atoms with E-state index >= 15 is 0 Å². The molecule has 1 aliphatic rings. The third-order valence-electron chi connectivity index (χ3n) is 4.48. The van der Waals surface area contributed by atoms with Gasteiger partial charge >= 0.3 is 0 Å². The second-order valence-corrected chi connectivity index (χ2v) is 7.13. The second-order valence-electron chi connectivity index (χ2n) is 7.13. The summed E-state index contributed by atoms with van der Waals surface area (Å²) in [4.78, 5) is 17.3. The van der Waals surface area contributed by atoms with Gasteiger partial charge in [-0.25, -0.2) is 4.98 Å². The van der Waals surface area contributed by atoms with Gasteiger partial charge in [-0.15, -0.1) is 0 Å². The fraction of sp³-hybridized carbons (Fsp3) is 0.556. The second kappa shape index (κ2) is 6.53. The molecule has 1 saturated heterocycles. The molecule has 1 unspecified atom stereocenters. The van der Waals surface area contributed by atoms with Crippen molar-refractivity contribution in [1.29, 1.82) is 0 Å². The van der Waals surface area contributed by atoms with Gasteiger partial charge in [0, 0.05) is 19.3 Å². The van der Waals surface area contributed by atoms with E-state index in [2.05, 4.69) is 46.1 Å². The Morgan fingerprint density at radius 3 is 3.04 bits per heavy atom. The van der Waals surface area contributed by atoms with Crippen LogP contribution in [0.2, 0.25) is 0 Å². The standard InChI is InChI=1S/C18H26N4O2/c1-12-7-13(2)15-9-20-17(22(15)10-12)18(3,4)21-16(23)14-8-19-5-6-24-11-14/h7,9-10,14,19H,5-6,8,11H2,1-4H3,(H,21,23). The van der Waals surface area contributed by atoms with Gasteiger partial charge in [0.1, 0.15) is 5.82 Å². The molecule has 0 radical (unpaired) electrons. The van der Waals surface area contributed by atoms with Crippen molar-refractivity contribution in [3.05, 3.63) is 35.4 Å². The summed E-state index contributed by atoms with van der Waals surface area (Å²) in [6, 6.07) is 2.14. The first kappa shape index (κ1) is 16.9. The highest BCUT2D eigenvalue weighted by molar-refractivity contribution is 5.80. The van der Waals surface area contributed by atoms with Crippen LogP contribution in [0, 0.1) is 19.8 Å². The van der Waals surface area contributed by atoms with Crippen LogP contribution in [-0.2, 0) is 15.1 Å². The quantitative estimate of drug-likeness (QED) is 0.896. The Labute approximate surface area is 142 Å². The number of ether oxygens (including phenoxy) is 1. The first-order valence-corrected chi connectivity index (χ1v) is 8.44. The molecule has 0 aliphatic carbocycles. The van der Waals surface area contributed by atoms with E-state index in [1.165, 1.54) is 11.1 Å². The summed E-state index contributed by atoms with van der Waals surface area (Å²) in [6.45, 7) is 10.7. The molecule has 6 nitrogen and oxygen atoms in total. The Bertz CT molecular complexity index is 743. The highest BCUT2D eigenvalue weighted by Crippen LogP contribution is 2.23. The number of carbonyl (C=O) groups excluding carboxylic acids is 1. The van der Waals surface area contributed by atoms with Crippen LogP contribution in [0.4, 0.5) is 0 Å². The normalized spacial score (nSPS) is 19.2. The number of rotatable bonds is 3. The van der Waals surface area contributed by atoms with Gasteiger partial charge in [-0.2, -0.15) is 0 Å². The predicted octanol–water partition coefficient (Wildman–Crippen LogP) is 1.54. The minimum Gasteiger partial charge on any atom is -0.379 e. The zero-order valence-corrected chi connectivity index (χ0v) is 14.8. The highest BCUT2D eigenvalue weighted by atomic mass is 16.5. The van der Waals surface area contributed by atoms with Gasteiger partial charge in [0.2, 0.25) is 5.91 Å². The van der Waals surface area contributed by atoms with E-state index in [0.29, 0.717) is 19.8 Å². The number of pyridine rings is 1. The highest BCUT2D eigenvalue weighted by Gasteiger charge is 2.31. The molecule has 1 aliphatic heterocycles. The molecule has 2 aromatic rings. The van der Waals surface area contributed by atoms with Crippen LogP contribution >= 0.6 is 0 Å². The number of amides is 1. The van der Waals surface area contributed by atoms with Crippen LogP contribution in [0.25, 0.3) is 5.52 Å². The fourth-order valence-corrected chi connectivity index (χ4v) is 3.24. The number of nitrogens with one attached hydrogen (secondary N) is 2. The summed E-state index contributed by atoms with van der Waals surface area (Å²) < 4.78 is 7.57. The van der Waals surface area contributed by atoms with Crippen molar-refractivity contribution in [2.24, 2.45) is 5.92 Å². The van der Waals surface area contributed by atoms with Crippen LogP contribution in [0.1, 0.15) is 30.8 Å². The number of nitrogens with zero attached hydrogens (tertiary/aromatic N) is 2. The molecular formula is C18H26N4O2. The van der Waals surface area contributed by atoms with Crippen molar-refractivity contribution in [3.8, 4) is 0 Å². The molecule has 130 valence electrons. The van der Waals surface area contributed by atoms with Crippen molar-refractivity contribution in [3.63, 3.8) is 0 Å². The summed E-state index contributed by atoms with van der Waals surface area (Å²) in [7, 11) is 0. The summed E-state index contributed by atoms with van der Waals surface area (Å²) >= 11 is 0. The average Bonchev–Trinajstić information content (AvgIpc) is 2.76. The van der Waals surface area contributed by atoms with Gasteiger partial charge in [-0.05, 0) is 38.8 Å². The topological polar surface area (TPSA) is 67.7 Å². The van der Waals surface area contributed by atoms with E-state index < -0.39 is 5.54 Å². The van der Waals surface area contributed by atoms with E-state index in [0.717, 1.165) is 17.9 Å². The summed E-state index contributed by atoms with van der Waals surface area (Å²) in [6.07, 6.45) is 3.93. The lowest BCUT2D eigenvalue weighted by Gasteiger charge is -2.27. The Hall–Kier alpha value is -1.92. The summed E-state index contributed by atoms with van der Waals surface area (Å²) in [5.41, 5.74) is 2.84. The Morgan fingerprint density at radius 2 is 2.25 bits per heavy atom. The van der Waals surface area contributed by atoms with Crippen LogP contribution < -0.4 is 10.6 Å². The molecular weight excluding hydrogens is 304 g/mol. The Balaban J connectivity index is 1.86. The van der Waals surface area contributed by atoms with Crippen molar-refractivity contribution in [1.82, 2.24) is 20.0 Å². The van der Waals surface area contributed by atoms with E-state index in [-0.39, 0.29) is 11.8 Å². The van der Waals surface area contributed by atoms with E-state index in [1.54, 1.807) is 0 Å². The van der Waals surface area contributed by atoms with Gasteiger partial charge in [-0.3, -0.25) is 4.79 Å². The Morgan fingerprint density at radius 1 is 1.46 bits per heavy atom. The fourth-order valence-electron chi connectivity index (χ4n) is 3.24. The van der Waals surface area contributed by atoms with Crippen molar-refractivity contribution in [2.45, 2.75) is 33.2 Å². The zero-order valence-electron chi connectivity index (χ0n) is 14.8. The summed E-state index contributed by atoms with van der Waals surface area (Å²) in [5, 5.41) is 6.38. The van der Waals surface area contributed by atoms with Gasteiger partial charge in [0.15, 0.2) is 0 Å². The molecule has 1 amide bonds. The van der Waals surface area contributed by atoms with Crippen molar-refractivity contribution in [2.75, 3.05) is 26.3 Å². The minimum atomic E-state index is -0.573. The smallest absolute Gasteiger partial charge is 0.227 e. The van der Waals surface area contributed by atoms with Crippen LogP contribution in [0.3, 0.4) is 0 Å². The maximum Gasteiger partial charge on any atom is 0.227 e.